The molecule has 0 bridgehead atoms. The van der Waals surface area contributed by atoms with Gasteiger partial charge in [0.05, 0.1) is 0 Å². The molecule has 3 N–H and O–H groups in total. The SMILES string of the molecule is N#C/N=C(\N)Nc1ccc(I)cc1. The second-order valence-electron chi connectivity index (χ2n) is 2.23. The Kier molecular flexibility index (Phi) is 3.52. The maximum Gasteiger partial charge on any atom is 0.209 e. The van der Waals surface area contributed by atoms with Gasteiger partial charge in [0.1, 0.15) is 0 Å². The molecule has 0 aliphatic rings. The first-order valence-electron chi connectivity index (χ1n) is 3.47. The first-order chi connectivity index (χ1) is 6.22. The largest absolute Gasteiger partial charge is 0.369 e. The van der Waals surface area contributed by atoms with Gasteiger partial charge in [-0.1, -0.05) is 0 Å². The van der Waals surface area contributed by atoms with E-state index in [2.05, 4.69) is 32.9 Å². The number of aliphatic imine (C=N–C) groups is 1. The molecule has 0 aliphatic heterocycles. The average molecular weight is 286 g/mol. The molecular weight excluding hydrogens is 279 g/mol. The number of nitrogens with two attached hydrogens (primary N) is 1. The molecule has 66 valence electrons. The highest BCUT2D eigenvalue weighted by molar-refractivity contribution is 14.1. The van der Waals surface area contributed by atoms with Gasteiger partial charge < -0.3 is 11.1 Å². The molecule has 1 aromatic rings. The maximum atomic E-state index is 8.20. The summed E-state index contributed by atoms with van der Waals surface area (Å²) in [6, 6.07) is 7.59. The molecule has 4 nitrogen and oxygen atoms in total. The quantitative estimate of drug-likeness (QED) is 0.355. The van der Waals surface area contributed by atoms with Crippen molar-refractivity contribution in [2.24, 2.45) is 10.7 Å². The Labute approximate surface area is 89.6 Å². The van der Waals surface area contributed by atoms with Gasteiger partial charge in [0.15, 0.2) is 0 Å². The molecule has 0 saturated carbocycles. The summed E-state index contributed by atoms with van der Waals surface area (Å²) in [5, 5.41) is 11.0. The van der Waals surface area contributed by atoms with Crippen molar-refractivity contribution in [2.45, 2.75) is 0 Å². The molecule has 5 heteroatoms. The van der Waals surface area contributed by atoms with E-state index in [0.717, 1.165) is 9.26 Å². The second-order valence-corrected chi connectivity index (χ2v) is 3.47. The summed E-state index contributed by atoms with van der Waals surface area (Å²) >= 11 is 2.21. The van der Waals surface area contributed by atoms with Gasteiger partial charge in [-0.25, -0.2) is 0 Å². The fourth-order valence-corrected chi connectivity index (χ4v) is 1.12. The molecule has 0 aromatic heterocycles. The number of rotatable bonds is 1. The van der Waals surface area contributed by atoms with E-state index in [4.69, 9.17) is 11.0 Å². The van der Waals surface area contributed by atoms with Crippen molar-refractivity contribution < 1.29 is 0 Å². The van der Waals surface area contributed by atoms with Crippen LogP contribution in [0.5, 0.6) is 0 Å². The first kappa shape index (κ1) is 9.80. The third kappa shape index (κ3) is 3.29. The molecule has 0 unspecified atom stereocenters. The second kappa shape index (κ2) is 4.67. The van der Waals surface area contributed by atoms with Crippen LogP contribution in [-0.2, 0) is 0 Å². The Morgan fingerprint density at radius 1 is 1.46 bits per heavy atom. The van der Waals surface area contributed by atoms with Crippen LogP contribution in [0.2, 0.25) is 0 Å². The van der Waals surface area contributed by atoms with Crippen LogP contribution in [0.15, 0.2) is 29.3 Å². The fraction of sp³-hybridized carbons (Fsp3) is 0. The van der Waals surface area contributed by atoms with Gasteiger partial charge in [-0.15, -0.1) is 4.99 Å². The van der Waals surface area contributed by atoms with Crippen LogP contribution in [0.4, 0.5) is 5.69 Å². The number of nitrogens with one attached hydrogen (secondary N) is 1. The molecule has 0 heterocycles. The Hall–Kier alpha value is -1.29. The summed E-state index contributed by atoms with van der Waals surface area (Å²) in [4.78, 5) is 3.33. The van der Waals surface area contributed by atoms with Crippen molar-refractivity contribution in [3.8, 4) is 6.19 Å². The number of hydrogen-bond donors (Lipinski definition) is 2. The van der Waals surface area contributed by atoms with Crippen molar-refractivity contribution >= 4 is 34.2 Å². The smallest absolute Gasteiger partial charge is 0.209 e. The fourth-order valence-electron chi connectivity index (χ4n) is 0.763. The summed E-state index contributed by atoms with van der Waals surface area (Å²) in [7, 11) is 0. The van der Waals surface area contributed by atoms with Gasteiger partial charge in [0.25, 0.3) is 0 Å². The lowest BCUT2D eigenvalue weighted by atomic mass is 10.3. The zero-order valence-corrected chi connectivity index (χ0v) is 8.82. The van der Waals surface area contributed by atoms with Crippen LogP contribution in [0.3, 0.4) is 0 Å². The molecule has 0 amide bonds. The lowest BCUT2D eigenvalue weighted by molar-refractivity contribution is 1.40. The highest BCUT2D eigenvalue weighted by Crippen LogP contribution is 2.10. The Morgan fingerprint density at radius 2 is 2.08 bits per heavy atom. The molecule has 0 aliphatic carbocycles. The predicted molar refractivity (Wildman–Crippen MR) is 60.0 cm³/mol. The van der Waals surface area contributed by atoms with Gasteiger partial charge in [-0.2, -0.15) is 5.26 Å². The van der Waals surface area contributed by atoms with Crippen LogP contribution in [0.25, 0.3) is 0 Å². The van der Waals surface area contributed by atoms with Crippen LogP contribution >= 0.6 is 22.6 Å². The van der Waals surface area contributed by atoms with Crippen LogP contribution in [-0.4, -0.2) is 5.96 Å². The molecule has 0 radical (unpaired) electrons. The third-order valence-electron chi connectivity index (χ3n) is 1.29. The number of benzene rings is 1. The highest BCUT2D eigenvalue weighted by atomic mass is 127. The van der Waals surface area contributed by atoms with Gasteiger partial charge in [0.2, 0.25) is 12.2 Å². The zero-order chi connectivity index (χ0) is 9.68. The lowest BCUT2D eigenvalue weighted by Gasteiger charge is -2.02. The molecule has 0 spiro atoms. The van der Waals surface area contributed by atoms with E-state index in [1.54, 1.807) is 6.19 Å². The maximum absolute atomic E-state index is 8.20. The van der Waals surface area contributed by atoms with Crippen molar-refractivity contribution in [3.63, 3.8) is 0 Å². The minimum absolute atomic E-state index is 0.101. The number of guanidine groups is 1. The molecule has 0 fully saturated rings. The number of nitrogens with zero attached hydrogens (tertiary/aromatic N) is 2. The molecule has 0 saturated heterocycles. The molecular formula is C8H7IN4. The summed E-state index contributed by atoms with van der Waals surface area (Å²) in [5.74, 6) is 0.101. The lowest BCUT2D eigenvalue weighted by Crippen LogP contribution is -2.21. The van der Waals surface area contributed by atoms with E-state index in [-0.39, 0.29) is 5.96 Å². The number of halogens is 1. The topological polar surface area (TPSA) is 74.2 Å². The Balaban J connectivity index is 2.71. The standard InChI is InChI=1S/C8H7IN4/c9-6-1-3-7(4-2-6)13-8(11)12-5-10/h1-4H,(H3,11,12,13). The van der Waals surface area contributed by atoms with E-state index in [1.165, 1.54) is 0 Å². The van der Waals surface area contributed by atoms with E-state index >= 15 is 0 Å². The molecule has 1 aromatic carbocycles. The normalized spacial score (nSPS) is 10.6. The van der Waals surface area contributed by atoms with Crippen LogP contribution < -0.4 is 11.1 Å². The first-order valence-corrected chi connectivity index (χ1v) is 4.55. The number of nitriles is 1. The summed E-state index contributed by atoms with van der Waals surface area (Å²) in [6.07, 6.45) is 1.60. The van der Waals surface area contributed by atoms with Crippen LogP contribution in [0.1, 0.15) is 0 Å². The third-order valence-corrected chi connectivity index (χ3v) is 2.01. The zero-order valence-electron chi connectivity index (χ0n) is 6.66. The predicted octanol–water partition coefficient (Wildman–Crippen LogP) is 1.50. The number of anilines is 1. The van der Waals surface area contributed by atoms with Gasteiger partial charge in [-0.3, -0.25) is 0 Å². The van der Waals surface area contributed by atoms with E-state index in [1.807, 2.05) is 24.3 Å². The van der Waals surface area contributed by atoms with Crippen LogP contribution in [0, 0.1) is 15.0 Å². The van der Waals surface area contributed by atoms with E-state index in [0.29, 0.717) is 0 Å². The van der Waals surface area contributed by atoms with E-state index < -0.39 is 0 Å². The summed E-state index contributed by atoms with van der Waals surface area (Å²) < 4.78 is 1.14. The van der Waals surface area contributed by atoms with Gasteiger partial charge in [0, 0.05) is 9.26 Å². The highest BCUT2D eigenvalue weighted by Gasteiger charge is 1.93. The monoisotopic (exact) mass is 286 g/mol. The van der Waals surface area contributed by atoms with Crippen molar-refractivity contribution in [1.29, 1.82) is 5.26 Å². The van der Waals surface area contributed by atoms with Gasteiger partial charge >= 0.3 is 0 Å². The minimum Gasteiger partial charge on any atom is -0.369 e. The van der Waals surface area contributed by atoms with Gasteiger partial charge in [-0.05, 0) is 46.9 Å². The minimum atomic E-state index is 0.101. The molecule has 13 heavy (non-hydrogen) atoms. The van der Waals surface area contributed by atoms with E-state index in [9.17, 15) is 0 Å². The van der Waals surface area contributed by atoms with Crippen molar-refractivity contribution in [2.75, 3.05) is 5.32 Å². The molecule has 0 atom stereocenters. The summed E-state index contributed by atoms with van der Waals surface area (Å²) in [5.41, 5.74) is 6.19. The van der Waals surface area contributed by atoms with Crippen molar-refractivity contribution in [1.82, 2.24) is 0 Å². The average Bonchev–Trinajstić information content (AvgIpc) is 2.09. The summed E-state index contributed by atoms with van der Waals surface area (Å²) in [6.45, 7) is 0. The Morgan fingerprint density at radius 3 is 2.62 bits per heavy atom. The Bertz CT molecular complexity index is 349. The van der Waals surface area contributed by atoms with Crippen molar-refractivity contribution in [3.05, 3.63) is 27.8 Å². The number of hydrogen-bond acceptors (Lipinski definition) is 2. The molecule has 1 rings (SSSR count).